The van der Waals surface area contributed by atoms with Crippen LogP contribution in [0.25, 0.3) is 5.69 Å². The van der Waals surface area contributed by atoms with Gasteiger partial charge in [-0.15, -0.1) is 0 Å². The van der Waals surface area contributed by atoms with Crippen LogP contribution in [0.4, 0.5) is 5.69 Å². The first-order chi connectivity index (χ1) is 18.3. The highest BCUT2D eigenvalue weighted by molar-refractivity contribution is 7.80. The van der Waals surface area contributed by atoms with E-state index in [1.807, 2.05) is 67.3 Å². The van der Waals surface area contributed by atoms with E-state index in [2.05, 4.69) is 26.3 Å². The number of nitrogens with one attached hydrogen (secondary N) is 2. The van der Waals surface area contributed by atoms with Gasteiger partial charge in [-0.25, -0.2) is 4.79 Å². The molecule has 5 rings (SSSR count). The average molecular weight is 526 g/mol. The Hall–Kier alpha value is -4.50. The van der Waals surface area contributed by atoms with E-state index in [1.165, 1.54) is 0 Å². The van der Waals surface area contributed by atoms with Crippen molar-refractivity contribution in [2.45, 2.75) is 25.9 Å². The largest absolute Gasteiger partial charge is 0.478 e. The Morgan fingerprint density at radius 1 is 1.03 bits per heavy atom. The number of hydrogen-bond donors (Lipinski definition) is 3. The Bertz CT molecular complexity index is 1490. The second-order valence-electron chi connectivity index (χ2n) is 9.18. The highest BCUT2D eigenvalue weighted by Crippen LogP contribution is 2.41. The maximum absolute atomic E-state index is 13.1. The van der Waals surface area contributed by atoms with Crippen molar-refractivity contribution in [2.75, 3.05) is 11.9 Å². The lowest BCUT2D eigenvalue weighted by Crippen LogP contribution is -2.37. The lowest BCUT2D eigenvalue weighted by atomic mass is 9.96. The first-order valence-corrected chi connectivity index (χ1v) is 12.6. The van der Waals surface area contributed by atoms with Crippen LogP contribution in [0, 0.1) is 13.8 Å². The van der Waals surface area contributed by atoms with E-state index in [0.717, 1.165) is 34.0 Å². The van der Waals surface area contributed by atoms with Crippen molar-refractivity contribution < 1.29 is 14.7 Å². The minimum absolute atomic E-state index is 0.0612. The Labute approximate surface area is 225 Å². The van der Waals surface area contributed by atoms with Crippen LogP contribution in [0.5, 0.6) is 0 Å². The number of carboxylic acids is 1. The number of anilines is 1. The van der Waals surface area contributed by atoms with Crippen molar-refractivity contribution in [3.63, 3.8) is 0 Å². The fourth-order valence-corrected chi connectivity index (χ4v) is 5.33. The molecule has 0 bridgehead atoms. The number of thiocarbonyl (C=S) groups is 1. The quantitative estimate of drug-likeness (QED) is 0.298. The number of nitrogens with zero attached hydrogens (tertiary/aromatic N) is 3. The van der Waals surface area contributed by atoms with Crippen LogP contribution in [-0.2, 0) is 4.79 Å². The number of carboxylic acid groups (broad SMARTS) is 1. The predicted molar refractivity (Wildman–Crippen MR) is 149 cm³/mol. The molecule has 0 spiro atoms. The smallest absolute Gasteiger partial charge is 0.335 e. The van der Waals surface area contributed by atoms with E-state index in [1.54, 1.807) is 30.5 Å². The molecule has 1 aliphatic rings. The SMILES string of the molecule is Cc1cc([C@H]2[C@@H](c3ccccn3)NC(=S)N2CC(=O)Nc2ccccc2)c(C)n1-c1ccc(C(=O)O)cc1. The Balaban J connectivity index is 1.53. The zero-order valence-electron chi connectivity index (χ0n) is 21.0. The van der Waals surface area contributed by atoms with E-state index in [0.29, 0.717) is 5.11 Å². The molecule has 1 aliphatic heterocycles. The monoisotopic (exact) mass is 525 g/mol. The number of aryl methyl sites for hydroxylation is 1. The second kappa shape index (κ2) is 10.5. The molecule has 2 aromatic heterocycles. The molecule has 1 saturated heterocycles. The summed E-state index contributed by atoms with van der Waals surface area (Å²) in [6.07, 6.45) is 1.75. The summed E-state index contributed by atoms with van der Waals surface area (Å²) in [5, 5.41) is 16.1. The van der Waals surface area contributed by atoms with Crippen molar-refractivity contribution in [1.82, 2.24) is 19.8 Å². The predicted octanol–water partition coefficient (Wildman–Crippen LogP) is 4.80. The van der Waals surface area contributed by atoms with Gasteiger partial charge in [0, 0.05) is 29.0 Å². The third kappa shape index (κ3) is 4.88. The fraction of sp³-hybridized carbons (Fsp3) is 0.172. The van der Waals surface area contributed by atoms with Gasteiger partial charge in [0.2, 0.25) is 5.91 Å². The summed E-state index contributed by atoms with van der Waals surface area (Å²) in [4.78, 5) is 30.9. The summed E-state index contributed by atoms with van der Waals surface area (Å²) >= 11 is 5.74. The molecule has 1 fully saturated rings. The Kier molecular flexibility index (Phi) is 6.93. The molecule has 4 aromatic rings. The van der Waals surface area contributed by atoms with Gasteiger partial charge in [-0.05, 0) is 86.2 Å². The van der Waals surface area contributed by atoms with E-state index < -0.39 is 5.97 Å². The number of pyridine rings is 1. The normalized spacial score (nSPS) is 16.8. The molecular weight excluding hydrogens is 498 g/mol. The molecule has 0 unspecified atom stereocenters. The molecule has 38 heavy (non-hydrogen) atoms. The number of carbonyl (C=O) groups excluding carboxylic acids is 1. The van der Waals surface area contributed by atoms with Gasteiger partial charge in [0.05, 0.1) is 23.3 Å². The van der Waals surface area contributed by atoms with Crippen LogP contribution in [0.1, 0.15) is 45.1 Å². The van der Waals surface area contributed by atoms with Crippen molar-refractivity contribution >= 4 is 34.9 Å². The molecule has 9 heteroatoms. The Morgan fingerprint density at radius 3 is 2.39 bits per heavy atom. The molecule has 0 saturated carbocycles. The van der Waals surface area contributed by atoms with Gasteiger partial charge in [-0.2, -0.15) is 0 Å². The van der Waals surface area contributed by atoms with Gasteiger partial charge in [-0.1, -0.05) is 24.3 Å². The minimum Gasteiger partial charge on any atom is -0.478 e. The van der Waals surface area contributed by atoms with Crippen LogP contribution in [0.15, 0.2) is 85.1 Å². The first-order valence-electron chi connectivity index (χ1n) is 12.2. The molecule has 0 aliphatic carbocycles. The molecule has 1 amide bonds. The van der Waals surface area contributed by atoms with Crippen LogP contribution >= 0.6 is 12.2 Å². The number of aromatic nitrogens is 2. The van der Waals surface area contributed by atoms with Crippen LogP contribution in [0.3, 0.4) is 0 Å². The molecule has 3 heterocycles. The number of aromatic carboxylic acids is 1. The summed E-state index contributed by atoms with van der Waals surface area (Å²) in [7, 11) is 0. The topological polar surface area (TPSA) is 99.5 Å². The summed E-state index contributed by atoms with van der Waals surface area (Å²) in [5.41, 5.74) is 5.57. The third-order valence-corrected chi connectivity index (χ3v) is 7.08. The van der Waals surface area contributed by atoms with Gasteiger partial charge in [0.15, 0.2) is 5.11 Å². The van der Waals surface area contributed by atoms with Gasteiger partial charge < -0.3 is 25.2 Å². The fourth-order valence-electron chi connectivity index (χ4n) is 5.03. The highest BCUT2D eigenvalue weighted by Gasteiger charge is 2.42. The van der Waals surface area contributed by atoms with Crippen LogP contribution in [-0.4, -0.2) is 43.1 Å². The lowest BCUT2D eigenvalue weighted by Gasteiger charge is -2.27. The number of amides is 1. The number of para-hydroxylation sites is 1. The van der Waals surface area contributed by atoms with E-state index in [4.69, 9.17) is 12.2 Å². The third-order valence-electron chi connectivity index (χ3n) is 6.73. The first kappa shape index (κ1) is 25.2. The van der Waals surface area contributed by atoms with Crippen LogP contribution < -0.4 is 10.6 Å². The van der Waals surface area contributed by atoms with Crippen molar-refractivity contribution in [3.8, 4) is 5.69 Å². The van der Waals surface area contributed by atoms with Gasteiger partial charge in [0.25, 0.3) is 0 Å². The number of hydrogen-bond acceptors (Lipinski definition) is 4. The molecule has 8 nitrogen and oxygen atoms in total. The van der Waals surface area contributed by atoms with Crippen molar-refractivity contribution in [1.29, 1.82) is 0 Å². The second-order valence-corrected chi connectivity index (χ2v) is 9.57. The van der Waals surface area contributed by atoms with E-state index in [9.17, 15) is 14.7 Å². The molecule has 3 N–H and O–H groups in total. The summed E-state index contributed by atoms with van der Waals surface area (Å²) in [6, 6.07) is 23.4. The van der Waals surface area contributed by atoms with Gasteiger partial charge in [0.1, 0.15) is 6.54 Å². The maximum Gasteiger partial charge on any atom is 0.335 e. The molecule has 192 valence electrons. The number of carbonyl (C=O) groups is 2. The molecule has 0 radical (unpaired) electrons. The summed E-state index contributed by atoms with van der Waals surface area (Å²) in [5.74, 6) is -1.14. The standard InChI is InChI=1S/C29H27N5O3S/c1-18-16-23(19(2)34(18)22-13-11-20(12-14-22)28(36)37)27-26(24-10-6-7-15-30-24)32-29(38)33(27)17-25(35)31-21-8-4-3-5-9-21/h3-16,26-27H,17H2,1-2H3,(H,31,35)(H,32,38)(H,36,37)/t26-,27+/m1/s1. The number of rotatable bonds is 7. The molecule has 2 aromatic carbocycles. The minimum atomic E-state index is -0.966. The maximum atomic E-state index is 13.1. The summed E-state index contributed by atoms with van der Waals surface area (Å²) < 4.78 is 2.08. The average Bonchev–Trinajstić information content (AvgIpc) is 3.39. The zero-order valence-corrected chi connectivity index (χ0v) is 21.8. The van der Waals surface area contributed by atoms with Crippen molar-refractivity contribution in [2.24, 2.45) is 0 Å². The molecule has 2 atom stereocenters. The number of benzene rings is 2. The summed E-state index contributed by atoms with van der Waals surface area (Å²) in [6.45, 7) is 4.09. The molecular formula is C29H27N5O3S. The Morgan fingerprint density at radius 2 is 1.74 bits per heavy atom. The highest BCUT2D eigenvalue weighted by atomic mass is 32.1. The van der Waals surface area contributed by atoms with Crippen molar-refractivity contribution in [3.05, 3.63) is 113 Å². The van der Waals surface area contributed by atoms with E-state index in [-0.39, 0.29) is 30.1 Å². The lowest BCUT2D eigenvalue weighted by molar-refractivity contribution is -0.116. The van der Waals surface area contributed by atoms with Gasteiger partial charge >= 0.3 is 5.97 Å². The van der Waals surface area contributed by atoms with Gasteiger partial charge in [-0.3, -0.25) is 9.78 Å². The van der Waals surface area contributed by atoms with Crippen LogP contribution in [0.2, 0.25) is 0 Å². The van der Waals surface area contributed by atoms with E-state index >= 15 is 0 Å². The zero-order chi connectivity index (χ0) is 26.8.